The predicted octanol–water partition coefficient (Wildman–Crippen LogP) is 3.17. The minimum atomic E-state index is -0.370. The Morgan fingerprint density at radius 1 is 1.24 bits per heavy atom. The number of hydrogen-bond acceptors (Lipinski definition) is 6. The lowest BCUT2D eigenvalue weighted by molar-refractivity contribution is 0.0527. The van der Waals surface area contributed by atoms with E-state index >= 15 is 0 Å². The highest BCUT2D eigenvalue weighted by molar-refractivity contribution is 6.06. The molecule has 1 aromatic carbocycles. The first-order chi connectivity index (χ1) is 12.2. The molecule has 0 aliphatic rings. The molecule has 136 valence electrons. The van der Waals surface area contributed by atoms with Crippen LogP contribution in [0.2, 0.25) is 0 Å². The highest BCUT2D eigenvalue weighted by Crippen LogP contribution is 2.31. The van der Waals surface area contributed by atoms with Crippen LogP contribution in [0.1, 0.15) is 31.1 Å². The van der Waals surface area contributed by atoms with Crippen molar-refractivity contribution in [3.63, 3.8) is 0 Å². The van der Waals surface area contributed by atoms with Gasteiger partial charge in [-0.15, -0.1) is 0 Å². The summed E-state index contributed by atoms with van der Waals surface area (Å²) in [6, 6.07) is 5.69. The number of fused-ring (bicyclic) bond motifs is 1. The topological polar surface area (TPSA) is 63.7 Å². The SMILES string of the molecule is CCOC(=O)c1cnc2c(OC)cccc2c1NCCN(CC)CC. The Hall–Kier alpha value is -2.34. The Bertz CT molecular complexity index is 714. The van der Waals surface area contributed by atoms with E-state index in [2.05, 4.69) is 29.0 Å². The highest BCUT2D eigenvalue weighted by atomic mass is 16.5. The molecule has 25 heavy (non-hydrogen) atoms. The second-order valence-corrected chi connectivity index (χ2v) is 5.58. The van der Waals surface area contributed by atoms with Gasteiger partial charge in [0, 0.05) is 24.7 Å². The number of rotatable bonds is 9. The number of benzene rings is 1. The molecule has 0 aliphatic heterocycles. The van der Waals surface area contributed by atoms with Gasteiger partial charge in [0.1, 0.15) is 16.8 Å². The maximum atomic E-state index is 12.3. The van der Waals surface area contributed by atoms with E-state index in [0.29, 0.717) is 17.9 Å². The van der Waals surface area contributed by atoms with Crippen molar-refractivity contribution in [1.29, 1.82) is 0 Å². The molecule has 0 amide bonds. The van der Waals surface area contributed by atoms with Gasteiger partial charge in [-0.25, -0.2) is 4.79 Å². The van der Waals surface area contributed by atoms with Crippen LogP contribution in [0.15, 0.2) is 24.4 Å². The maximum absolute atomic E-state index is 12.3. The summed E-state index contributed by atoms with van der Waals surface area (Å²) >= 11 is 0. The molecule has 1 N–H and O–H groups in total. The second-order valence-electron chi connectivity index (χ2n) is 5.58. The number of nitrogens with one attached hydrogen (secondary N) is 1. The fourth-order valence-corrected chi connectivity index (χ4v) is 2.79. The molecular weight excluding hydrogens is 318 g/mol. The van der Waals surface area contributed by atoms with Crippen LogP contribution in [-0.4, -0.2) is 55.7 Å². The van der Waals surface area contributed by atoms with Gasteiger partial charge in [-0.1, -0.05) is 26.0 Å². The second kappa shape index (κ2) is 9.22. The first kappa shape index (κ1) is 19.0. The lowest BCUT2D eigenvalue weighted by Gasteiger charge is -2.20. The number of pyridine rings is 1. The van der Waals surface area contributed by atoms with Crippen LogP contribution in [-0.2, 0) is 4.74 Å². The van der Waals surface area contributed by atoms with Crippen LogP contribution in [0.3, 0.4) is 0 Å². The molecule has 0 fully saturated rings. The Kier molecular flexibility index (Phi) is 7.01. The summed E-state index contributed by atoms with van der Waals surface area (Å²) in [5.74, 6) is 0.310. The van der Waals surface area contributed by atoms with E-state index in [4.69, 9.17) is 9.47 Å². The van der Waals surface area contributed by atoms with Crippen molar-refractivity contribution >= 4 is 22.6 Å². The number of carbonyl (C=O) groups excluding carboxylic acids is 1. The van der Waals surface area contributed by atoms with Crippen molar-refractivity contribution in [2.75, 3.05) is 45.2 Å². The molecular formula is C19H27N3O3. The predicted molar refractivity (Wildman–Crippen MR) is 101 cm³/mol. The number of nitrogens with zero attached hydrogens (tertiary/aromatic N) is 2. The van der Waals surface area contributed by atoms with Crippen LogP contribution in [0.25, 0.3) is 10.9 Å². The maximum Gasteiger partial charge on any atom is 0.341 e. The lowest BCUT2D eigenvalue weighted by Crippen LogP contribution is -2.29. The van der Waals surface area contributed by atoms with Crippen LogP contribution >= 0.6 is 0 Å². The molecule has 0 bridgehead atoms. The summed E-state index contributed by atoms with van der Waals surface area (Å²) in [5, 5.41) is 4.26. The van der Waals surface area contributed by atoms with Crippen LogP contribution in [0.5, 0.6) is 5.75 Å². The Morgan fingerprint density at radius 3 is 2.64 bits per heavy atom. The number of likely N-dealkylation sites (N-methyl/N-ethyl adjacent to an activating group) is 1. The number of para-hydroxylation sites is 1. The van der Waals surface area contributed by atoms with Crippen molar-refractivity contribution < 1.29 is 14.3 Å². The molecule has 0 radical (unpaired) electrons. The number of aromatic nitrogens is 1. The van der Waals surface area contributed by atoms with Crippen molar-refractivity contribution in [3.05, 3.63) is 30.0 Å². The average molecular weight is 345 g/mol. The quantitative estimate of drug-likeness (QED) is 0.704. The third-order valence-electron chi connectivity index (χ3n) is 4.20. The molecule has 0 atom stereocenters. The normalized spacial score (nSPS) is 10.9. The number of ether oxygens (including phenoxy) is 2. The van der Waals surface area contributed by atoms with Crippen LogP contribution < -0.4 is 10.1 Å². The van der Waals surface area contributed by atoms with Crippen LogP contribution in [0, 0.1) is 0 Å². The van der Waals surface area contributed by atoms with Gasteiger partial charge in [0.05, 0.1) is 19.4 Å². The summed E-state index contributed by atoms with van der Waals surface area (Å²) in [5.41, 5.74) is 1.92. The molecule has 0 spiro atoms. The van der Waals surface area contributed by atoms with Gasteiger partial charge in [-0.3, -0.25) is 4.98 Å². The van der Waals surface area contributed by atoms with Gasteiger partial charge < -0.3 is 19.7 Å². The number of hydrogen-bond donors (Lipinski definition) is 1. The zero-order chi connectivity index (χ0) is 18.2. The van der Waals surface area contributed by atoms with Gasteiger partial charge >= 0.3 is 5.97 Å². The number of anilines is 1. The first-order valence-corrected chi connectivity index (χ1v) is 8.75. The standard InChI is InChI=1S/C19H27N3O3/c1-5-22(6-2)12-11-20-17-14-9-8-10-16(24-4)18(14)21-13-15(17)19(23)25-7-3/h8-10,13H,5-7,11-12H2,1-4H3,(H,20,21). The highest BCUT2D eigenvalue weighted by Gasteiger charge is 2.18. The molecule has 0 aliphatic carbocycles. The zero-order valence-electron chi connectivity index (χ0n) is 15.5. The Labute approximate surface area is 149 Å². The van der Waals surface area contributed by atoms with Crippen molar-refractivity contribution in [1.82, 2.24) is 9.88 Å². The summed E-state index contributed by atoms with van der Waals surface area (Å²) in [6.07, 6.45) is 1.56. The van der Waals surface area contributed by atoms with E-state index in [9.17, 15) is 4.79 Å². The Balaban J connectivity index is 2.40. The van der Waals surface area contributed by atoms with Crippen molar-refractivity contribution in [2.45, 2.75) is 20.8 Å². The van der Waals surface area contributed by atoms with Crippen LogP contribution in [0.4, 0.5) is 5.69 Å². The van der Waals surface area contributed by atoms with E-state index < -0.39 is 0 Å². The third-order valence-corrected chi connectivity index (χ3v) is 4.20. The number of methoxy groups -OCH3 is 1. The fraction of sp³-hybridized carbons (Fsp3) is 0.474. The van der Waals surface area contributed by atoms with Gasteiger partial charge in [0.2, 0.25) is 0 Å². The van der Waals surface area contributed by atoms with Gasteiger partial charge in [-0.05, 0) is 26.1 Å². The third kappa shape index (κ3) is 4.39. The van der Waals surface area contributed by atoms with E-state index in [0.717, 1.165) is 42.8 Å². The van der Waals surface area contributed by atoms with Crippen molar-refractivity contribution in [2.24, 2.45) is 0 Å². The summed E-state index contributed by atoms with van der Waals surface area (Å²) in [7, 11) is 1.61. The van der Waals surface area contributed by atoms with Gasteiger partial charge in [0.25, 0.3) is 0 Å². The largest absolute Gasteiger partial charge is 0.494 e. The lowest BCUT2D eigenvalue weighted by atomic mass is 10.1. The first-order valence-electron chi connectivity index (χ1n) is 8.75. The summed E-state index contributed by atoms with van der Waals surface area (Å²) in [6.45, 7) is 10.0. The minimum Gasteiger partial charge on any atom is -0.494 e. The molecule has 0 unspecified atom stereocenters. The minimum absolute atomic E-state index is 0.327. The molecule has 1 aromatic heterocycles. The molecule has 0 saturated heterocycles. The molecule has 0 saturated carbocycles. The molecule has 2 aromatic rings. The average Bonchev–Trinajstić information content (AvgIpc) is 2.64. The molecule has 6 heteroatoms. The zero-order valence-corrected chi connectivity index (χ0v) is 15.5. The van der Waals surface area contributed by atoms with Gasteiger partial charge in [-0.2, -0.15) is 0 Å². The van der Waals surface area contributed by atoms with E-state index in [1.807, 2.05) is 18.2 Å². The van der Waals surface area contributed by atoms with E-state index in [-0.39, 0.29) is 5.97 Å². The number of carbonyl (C=O) groups is 1. The summed E-state index contributed by atoms with van der Waals surface area (Å²) < 4.78 is 10.6. The fourth-order valence-electron chi connectivity index (χ4n) is 2.79. The molecule has 6 nitrogen and oxygen atoms in total. The van der Waals surface area contributed by atoms with E-state index in [1.165, 1.54) is 0 Å². The Morgan fingerprint density at radius 2 is 2.00 bits per heavy atom. The van der Waals surface area contributed by atoms with Crippen molar-refractivity contribution in [3.8, 4) is 5.75 Å². The van der Waals surface area contributed by atoms with Gasteiger partial charge in [0.15, 0.2) is 0 Å². The molecule has 1 heterocycles. The molecule has 2 rings (SSSR count). The van der Waals surface area contributed by atoms with E-state index in [1.54, 1.807) is 20.2 Å². The summed E-state index contributed by atoms with van der Waals surface area (Å²) in [4.78, 5) is 19.1. The number of esters is 1. The smallest absolute Gasteiger partial charge is 0.341 e. The monoisotopic (exact) mass is 345 g/mol.